The Kier molecular flexibility index (Phi) is 4.62. The van der Waals surface area contributed by atoms with E-state index in [0.717, 1.165) is 17.8 Å². The summed E-state index contributed by atoms with van der Waals surface area (Å²) in [7, 11) is 0. The van der Waals surface area contributed by atoms with E-state index < -0.39 is 11.7 Å². The van der Waals surface area contributed by atoms with E-state index in [1.165, 1.54) is 0 Å². The van der Waals surface area contributed by atoms with Crippen molar-refractivity contribution in [2.45, 2.75) is 19.6 Å². The molecule has 0 spiro atoms. The third kappa shape index (κ3) is 4.34. The summed E-state index contributed by atoms with van der Waals surface area (Å²) in [4.78, 5) is 8.20. The van der Waals surface area contributed by atoms with E-state index in [1.54, 1.807) is 25.3 Å². The summed E-state index contributed by atoms with van der Waals surface area (Å²) < 4.78 is 38.6. The van der Waals surface area contributed by atoms with Crippen molar-refractivity contribution < 1.29 is 13.2 Å². The van der Waals surface area contributed by atoms with E-state index in [1.807, 2.05) is 6.07 Å². The van der Waals surface area contributed by atoms with Crippen LogP contribution in [0.15, 0.2) is 36.5 Å². The highest BCUT2D eigenvalue weighted by Gasteiger charge is 2.31. The molecule has 2 N–H and O–H groups in total. The first-order chi connectivity index (χ1) is 9.99. The molecule has 21 heavy (non-hydrogen) atoms. The highest BCUT2D eigenvalue weighted by molar-refractivity contribution is 5.49. The van der Waals surface area contributed by atoms with Gasteiger partial charge in [-0.25, -0.2) is 4.98 Å². The summed E-state index contributed by atoms with van der Waals surface area (Å²) in [6.07, 6.45) is -2.78. The zero-order valence-corrected chi connectivity index (χ0v) is 11.4. The molecule has 0 saturated heterocycles. The Labute approximate surface area is 120 Å². The lowest BCUT2D eigenvalue weighted by Crippen LogP contribution is -2.11. The number of anilines is 2. The standard InChI is InChI=1S/C14H15F3N4/c1-2-18-12-7-10(14(15,16)17)8-13(21-12)20-9-11-5-3-4-6-19-11/h3-8H,2,9H2,1H3,(H2,18,20,21). The topological polar surface area (TPSA) is 49.8 Å². The minimum atomic E-state index is -4.41. The Bertz CT molecular complexity index is 585. The van der Waals surface area contributed by atoms with Crippen LogP contribution in [0, 0.1) is 0 Å². The smallest absolute Gasteiger partial charge is 0.370 e. The molecule has 112 valence electrons. The number of aromatic nitrogens is 2. The number of hydrogen-bond acceptors (Lipinski definition) is 4. The van der Waals surface area contributed by atoms with E-state index in [2.05, 4.69) is 20.6 Å². The van der Waals surface area contributed by atoms with Gasteiger partial charge in [0.25, 0.3) is 0 Å². The number of alkyl halides is 3. The molecule has 0 amide bonds. The highest BCUT2D eigenvalue weighted by atomic mass is 19.4. The highest BCUT2D eigenvalue weighted by Crippen LogP contribution is 2.32. The average Bonchev–Trinajstić information content (AvgIpc) is 2.45. The minimum absolute atomic E-state index is 0.159. The molecule has 0 aromatic carbocycles. The SMILES string of the molecule is CCNc1cc(C(F)(F)F)cc(NCc2ccccn2)n1. The normalized spacial score (nSPS) is 11.2. The van der Waals surface area contributed by atoms with Gasteiger partial charge in [0.1, 0.15) is 11.6 Å². The molecule has 2 aromatic heterocycles. The molecule has 0 unspecified atom stereocenters. The largest absolute Gasteiger partial charge is 0.416 e. The Morgan fingerprint density at radius 1 is 1.10 bits per heavy atom. The Hall–Kier alpha value is -2.31. The number of hydrogen-bond donors (Lipinski definition) is 2. The zero-order valence-electron chi connectivity index (χ0n) is 11.4. The molecule has 2 aromatic rings. The van der Waals surface area contributed by atoms with Crippen LogP contribution in [-0.4, -0.2) is 16.5 Å². The van der Waals surface area contributed by atoms with Crippen molar-refractivity contribution in [3.8, 4) is 0 Å². The molecule has 0 aliphatic rings. The van der Waals surface area contributed by atoms with Gasteiger partial charge in [-0.3, -0.25) is 4.98 Å². The van der Waals surface area contributed by atoms with E-state index in [-0.39, 0.29) is 11.6 Å². The number of rotatable bonds is 5. The molecule has 0 radical (unpaired) electrons. The third-order valence-electron chi connectivity index (χ3n) is 2.69. The summed E-state index contributed by atoms with van der Waals surface area (Å²) in [5.41, 5.74) is -0.0151. The van der Waals surface area contributed by atoms with Gasteiger partial charge >= 0.3 is 6.18 Å². The quantitative estimate of drug-likeness (QED) is 0.886. The van der Waals surface area contributed by atoms with Crippen LogP contribution >= 0.6 is 0 Å². The van der Waals surface area contributed by atoms with Gasteiger partial charge < -0.3 is 10.6 Å². The lowest BCUT2D eigenvalue weighted by Gasteiger charge is -2.13. The Morgan fingerprint density at radius 2 is 1.81 bits per heavy atom. The van der Waals surface area contributed by atoms with E-state index >= 15 is 0 Å². The maximum absolute atomic E-state index is 12.9. The molecular formula is C14H15F3N4. The van der Waals surface area contributed by atoms with Crippen LogP contribution in [-0.2, 0) is 12.7 Å². The van der Waals surface area contributed by atoms with Gasteiger partial charge in [0.15, 0.2) is 0 Å². The average molecular weight is 296 g/mol. The second-order valence-electron chi connectivity index (χ2n) is 4.33. The summed E-state index contributed by atoms with van der Waals surface area (Å²) in [6, 6.07) is 7.36. The van der Waals surface area contributed by atoms with Crippen LogP contribution in [0.4, 0.5) is 24.8 Å². The molecule has 0 fully saturated rings. The van der Waals surface area contributed by atoms with Crippen molar-refractivity contribution in [1.82, 2.24) is 9.97 Å². The van der Waals surface area contributed by atoms with Crippen LogP contribution < -0.4 is 10.6 Å². The van der Waals surface area contributed by atoms with Gasteiger partial charge in [0.2, 0.25) is 0 Å². The lowest BCUT2D eigenvalue weighted by molar-refractivity contribution is -0.137. The first-order valence-electron chi connectivity index (χ1n) is 6.46. The van der Waals surface area contributed by atoms with E-state index in [9.17, 15) is 13.2 Å². The second-order valence-corrected chi connectivity index (χ2v) is 4.33. The molecule has 0 aliphatic carbocycles. The number of pyridine rings is 2. The first kappa shape index (κ1) is 15.1. The molecule has 4 nitrogen and oxygen atoms in total. The molecular weight excluding hydrogens is 281 g/mol. The van der Waals surface area contributed by atoms with Crippen molar-refractivity contribution >= 4 is 11.6 Å². The monoisotopic (exact) mass is 296 g/mol. The second kappa shape index (κ2) is 6.43. The third-order valence-corrected chi connectivity index (χ3v) is 2.69. The van der Waals surface area contributed by atoms with Crippen molar-refractivity contribution in [2.24, 2.45) is 0 Å². The molecule has 0 aliphatic heterocycles. The van der Waals surface area contributed by atoms with Gasteiger partial charge in [0, 0.05) is 12.7 Å². The van der Waals surface area contributed by atoms with Crippen LogP contribution in [0.2, 0.25) is 0 Å². The molecule has 7 heteroatoms. The van der Waals surface area contributed by atoms with Crippen molar-refractivity contribution in [2.75, 3.05) is 17.2 Å². The molecule has 0 bridgehead atoms. The fraction of sp³-hybridized carbons (Fsp3) is 0.286. The summed E-state index contributed by atoms with van der Waals surface area (Å²) in [6.45, 7) is 2.59. The van der Waals surface area contributed by atoms with Crippen molar-refractivity contribution in [3.63, 3.8) is 0 Å². The fourth-order valence-corrected chi connectivity index (χ4v) is 1.74. The van der Waals surface area contributed by atoms with Gasteiger partial charge in [-0.2, -0.15) is 13.2 Å². The summed E-state index contributed by atoms with van der Waals surface area (Å²) in [5.74, 6) is 0.349. The van der Waals surface area contributed by atoms with Gasteiger partial charge in [-0.05, 0) is 31.2 Å². The number of halogens is 3. The maximum Gasteiger partial charge on any atom is 0.416 e. The van der Waals surface area contributed by atoms with Gasteiger partial charge in [-0.1, -0.05) is 6.07 Å². The van der Waals surface area contributed by atoms with Gasteiger partial charge in [0.05, 0.1) is 17.8 Å². The first-order valence-corrected chi connectivity index (χ1v) is 6.46. The zero-order chi connectivity index (χ0) is 15.3. The Balaban J connectivity index is 2.19. The van der Waals surface area contributed by atoms with E-state index in [0.29, 0.717) is 13.1 Å². The molecule has 2 rings (SSSR count). The molecule has 0 saturated carbocycles. The van der Waals surface area contributed by atoms with Crippen LogP contribution in [0.25, 0.3) is 0 Å². The number of nitrogens with zero attached hydrogens (tertiary/aromatic N) is 2. The molecule has 2 heterocycles. The predicted molar refractivity (Wildman–Crippen MR) is 75.0 cm³/mol. The van der Waals surface area contributed by atoms with Crippen molar-refractivity contribution in [3.05, 3.63) is 47.8 Å². The Morgan fingerprint density at radius 3 is 2.38 bits per heavy atom. The van der Waals surface area contributed by atoms with Crippen LogP contribution in [0.5, 0.6) is 0 Å². The van der Waals surface area contributed by atoms with Gasteiger partial charge in [-0.15, -0.1) is 0 Å². The van der Waals surface area contributed by atoms with Crippen molar-refractivity contribution in [1.29, 1.82) is 0 Å². The minimum Gasteiger partial charge on any atom is -0.370 e. The van der Waals surface area contributed by atoms with Crippen LogP contribution in [0.1, 0.15) is 18.2 Å². The number of nitrogens with one attached hydrogen (secondary N) is 2. The maximum atomic E-state index is 12.9. The molecule has 0 atom stereocenters. The van der Waals surface area contributed by atoms with Crippen LogP contribution in [0.3, 0.4) is 0 Å². The predicted octanol–water partition coefficient (Wildman–Crippen LogP) is 3.54. The van der Waals surface area contributed by atoms with E-state index in [4.69, 9.17) is 0 Å². The lowest BCUT2D eigenvalue weighted by atomic mass is 10.2. The summed E-state index contributed by atoms with van der Waals surface area (Å²) in [5, 5.41) is 5.65. The fourth-order valence-electron chi connectivity index (χ4n) is 1.74. The summed E-state index contributed by atoms with van der Waals surface area (Å²) >= 11 is 0.